The molecular weight excluding hydrogens is 489 g/mol. The van der Waals surface area contributed by atoms with E-state index in [9.17, 15) is 4.39 Å². The van der Waals surface area contributed by atoms with E-state index in [1.807, 2.05) is 12.2 Å². The minimum Gasteiger partial charge on any atom is -0.347 e. The lowest BCUT2D eigenvalue weighted by atomic mass is 9.92. The number of aromatic nitrogens is 3. The molecular formula is C28H36FN5O2S. The van der Waals surface area contributed by atoms with E-state index in [4.69, 9.17) is 19.4 Å². The Morgan fingerprint density at radius 2 is 1.86 bits per heavy atom. The maximum Gasteiger partial charge on any atom is 0.191 e. The van der Waals surface area contributed by atoms with Gasteiger partial charge in [-0.05, 0) is 38.0 Å². The highest BCUT2D eigenvalue weighted by molar-refractivity contribution is 7.13. The number of hydrogen-bond acceptors (Lipinski definition) is 7. The van der Waals surface area contributed by atoms with Crippen molar-refractivity contribution in [2.75, 3.05) is 38.3 Å². The van der Waals surface area contributed by atoms with Crippen LogP contribution < -0.4 is 4.90 Å². The molecule has 37 heavy (non-hydrogen) atoms. The number of hydrogen-bond donors (Lipinski definition) is 0. The van der Waals surface area contributed by atoms with Crippen LogP contribution in [0.3, 0.4) is 0 Å². The number of ether oxygens (including phenoxy) is 2. The highest BCUT2D eigenvalue weighted by Gasteiger charge is 2.44. The van der Waals surface area contributed by atoms with Gasteiger partial charge in [-0.1, -0.05) is 25.2 Å². The molecule has 0 saturated carbocycles. The number of likely N-dealkylation sites (tertiary alicyclic amines) is 1. The third kappa shape index (κ3) is 4.50. The van der Waals surface area contributed by atoms with Crippen LogP contribution in [-0.2, 0) is 22.4 Å². The van der Waals surface area contributed by atoms with E-state index in [-0.39, 0.29) is 11.3 Å². The normalized spacial score (nSPS) is 29.1. The van der Waals surface area contributed by atoms with Crippen molar-refractivity contribution < 1.29 is 13.9 Å². The van der Waals surface area contributed by atoms with Gasteiger partial charge in [-0.15, -0.1) is 11.3 Å². The zero-order valence-electron chi connectivity index (χ0n) is 22.2. The highest BCUT2D eigenvalue weighted by atomic mass is 32.1. The van der Waals surface area contributed by atoms with Crippen molar-refractivity contribution >= 4 is 33.9 Å². The van der Waals surface area contributed by atoms with E-state index >= 15 is 0 Å². The Morgan fingerprint density at radius 1 is 1.11 bits per heavy atom. The van der Waals surface area contributed by atoms with E-state index in [0.29, 0.717) is 19.6 Å². The average Bonchev–Trinajstić information content (AvgIpc) is 3.63. The largest absolute Gasteiger partial charge is 0.347 e. The Balaban J connectivity index is 1.25. The van der Waals surface area contributed by atoms with Crippen molar-refractivity contribution in [3.63, 3.8) is 0 Å². The SMILES string of the molecule is CCc1nc2n(c1N(C)c1nc(C3=CCC(C)(F)C=C3)cs1)CC(C)(N1CCC3(CC1)OCCO3)C=C2. The molecule has 0 amide bonds. The number of anilines is 2. The Kier molecular flexibility index (Phi) is 6.18. The Labute approximate surface area is 222 Å². The predicted molar refractivity (Wildman–Crippen MR) is 146 cm³/mol. The maximum atomic E-state index is 14.2. The predicted octanol–water partition coefficient (Wildman–Crippen LogP) is 5.37. The summed E-state index contributed by atoms with van der Waals surface area (Å²) in [4.78, 5) is 14.6. The number of nitrogens with zero attached hydrogens (tertiary/aromatic N) is 5. The van der Waals surface area contributed by atoms with Crippen LogP contribution >= 0.6 is 11.3 Å². The lowest BCUT2D eigenvalue weighted by molar-refractivity contribution is -0.190. The number of aryl methyl sites for hydroxylation is 1. The minimum absolute atomic E-state index is 0.126. The summed E-state index contributed by atoms with van der Waals surface area (Å²) in [5.41, 5.74) is 1.53. The minimum atomic E-state index is -1.28. The topological polar surface area (TPSA) is 55.7 Å². The number of rotatable bonds is 5. The van der Waals surface area contributed by atoms with Crippen LogP contribution in [0.15, 0.2) is 29.7 Å². The standard InChI is InChI=1S/C28H36FN5O2S/c1-5-21-24(32(4)25-31-22(18-37-25)20-6-9-26(2,29)10-7-20)34-19-27(3,11-8-23(34)30-21)33-14-12-28(13-15-33)35-16-17-36-28/h6-9,11,18H,5,10,12-17,19H2,1-4H3. The fraction of sp³-hybridized carbons (Fsp3) is 0.571. The van der Waals surface area contributed by atoms with Crippen LogP contribution in [0, 0.1) is 0 Å². The first-order valence-electron chi connectivity index (χ1n) is 13.3. The lowest BCUT2D eigenvalue weighted by Gasteiger charge is -2.47. The number of thiazole rings is 1. The van der Waals surface area contributed by atoms with E-state index in [0.717, 1.165) is 72.6 Å². The van der Waals surface area contributed by atoms with Gasteiger partial charge in [0.15, 0.2) is 10.9 Å². The molecule has 198 valence electrons. The second-order valence-corrected chi connectivity index (χ2v) is 11.9. The fourth-order valence-corrected chi connectivity index (χ4v) is 6.73. The Hall–Kier alpha value is -2.33. The molecule has 1 aliphatic carbocycles. The molecule has 7 nitrogen and oxygen atoms in total. The quantitative estimate of drug-likeness (QED) is 0.524. The molecule has 1 spiro atoms. The molecule has 0 N–H and O–H groups in total. The van der Waals surface area contributed by atoms with Crippen LogP contribution in [0.4, 0.5) is 15.3 Å². The molecule has 0 aromatic carbocycles. The van der Waals surface area contributed by atoms with Gasteiger partial charge in [-0.25, -0.2) is 14.4 Å². The third-order valence-corrected chi connectivity index (χ3v) is 9.15. The molecule has 2 fully saturated rings. The number of imidazole rings is 1. The van der Waals surface area contributed by atoms with Crippen LogP contribution in [0.1, 0.15) is 57.2 Å². The summed E-state index contributed by atoms with van der Waals surface area (Å²) in [5, 5.41) is 2.96. The van der Waals surface area contributed by atoms with Gasteiger partial charge in [0, 0.05) is 51.3 Å². The van der Waals surface area contributed by atoms with Crippen molar-refractivity contribution in [1.29, 1.82) is 0 Å². The average molecular weight is 526 g/mol. The molecule has 2 aromatic heterocycles. The van der Waals surface area contributed by atoms with Crippen LogP contribution in [0.25, 0.3) is 11.6 Å². The molecule has 9 heteroatoms. The molecule has 2 aromatic rings. The van der Waals surface area contributed by atoms with Crippen molar-refractivity contribution in [2.24, 2.45) is 0 Å². The van der Waals surface area contributed by atoms with Crippen LogP contribution in [0.5, 0.6) is 0 Å². The van der Waals surface area contributed by atoms with Gasteiger partial charge in [0.1, 0.15) is 17.3 Å². The highest BCUT2D eigenvalue weighted by Crippen LogP contribution is 2.40. The summed E-state index contributed by atoms with van der Waals surface area (Å²) >= 11 is 1.61. The van der Waals surface area contributed by atoms with Gasteiger partial charge in [0.25, 0.3) is 0 Å². The van der Waals surface area contributed by atoms with Crippen LogP contribution in [0.2, 0.25) is 0 Å². The Bertz CT molecular complexity index is 1260. The van der Waals surface area contributed by atoms with Gasteiger partial charge < -0.3 is 18.9 Å². The summed E-state index contributed by atoms with van der Waals surface area (Å²) < 4.78 is 28.5. The molecule has 2 saturated heterocycles. The summed E-state index contributed by atoms with van der Waals surface area (Å²) in [5.74, 6) is 1.71. The summed E-state index contributed by atoms with van der Waals surface area (Å²) in [6.07, 6.45) is 12.9. The molecule has 6 rings (SSSR count). The third-order valence-electron chi connectivity index (χ3n) is 8.23. The molecule has 0 bridgehead atoms. The van der Waals surface area contributed by atoms with Gasteiger partial charge in [-0.2, -0.15) is 0 Å². The molecule has 2 unspecified atom stereocenters. The maximum absolute atomic E-state index is 14.2. The van der Waals surface area contributed by atoms with Crippen molar-refractivity contribution in [1.82, 2.24) is 19.4 Å². The summed E-state index contributed by atoms with van der Waals surface area (Å²) in [6, 6.07) is 0. The first-order valence-corrected chi connectivity index (χ1v) is 14.2. The van der Waals surface area contributed by atoms with E-state index in [2.05, 4.69) is 52.8 Å². The molecule has 0 radical (unpaired) electrons. The number of piperidine rings is 1. The van der Waals surface area contributed by atoms with Crippen LogP contribution in [-0.4, -0.2) is 69.8 Å². The van der Waals surface area contributed by atoms with Gasteiger partial charge in [0.2, 0.25) is 0 Å². The van der Waals surface area contributed by atoms with Crippen molar-refractivity contribution in [3.05, 3.63) is 46.9 Å². The number of alkyl halides is 1. The van der Waals surface area contributed by atoms with Crippen molar-refractivity contribution in [3.8, 4) is 0 Å². The van der Waals surface area contributed by atoms with E-state index < -0.39 is 5.67 Å². The molecule has 4 aliphatic rings. The first-order chi connectivity index (χ1) is 17.7. The molecule has 2 atom stereocenters. The van der Waals surface area contributed by atoms with Gasteiger partial charge >= 0.3 is 0 Å². The number of fused-ring (bicyclic) bond motifs is 1. The van der Waals surface area contributed by atoms with E-state index in [1.54, 1.807) is 24.3 Å². The zero-order valence-corrected chi connectivity index (χ0v) is 23.0. The molecule has 5 heterocycles. The summed E-state index contributed by atoms with van der Waals surface area (Å²) in [7, 11) is 2.07. The number of allylic oxidation sites excluding steroid dienone is 4. The lowest BCUT2D eigenvalue weighted by Crippen LogP contribution is -2.56. The smallest absolute Gasteiger partial charge is 0.191 e. The first kappa shape index (κ1) is 25.0. The zero-order chi connectivity index (χ0) is 25.8. The van der Waals surface area contributed by atoms with Crippen molar-refractivity contribution in [2.45, 2.75) is 70.0 Å². The Morgan fingerprint density at radius 3 is 2.54 bits per heavy atom. The molecule has 3 aliphatic heterocycles. The van der Waals surface area contributed by atoms with Gasteiger partial charge in [-0.3, -0.25) is 4.90 Å². The summed E-state index contributed by atoms with van der Waals surface area (Å²) in [6.45, 7) is 10.2. The second kappa shape index (κ2) is 9.15. The van der Waals surface area contributed by atoms with Gasteiger partial charge in [0.05, 0.1) is 30.1 Å². The monoisotopic (exact) mass is 525 g/mol. The number of halogens is 1. The fourth-order valence-electron chi connectivity index (χ4n) is 5.92. The van der Waals surface area contributed by atoms with E-state index in [1.165, 1.54) is 0 Å². The second-order valence-electron chi connectivity index (χ2n) is 11.0.